The zero-order valence-electron chi connectivity index (χ0n) is 16.0. The quantitative estimate of drug-likeness (QED) is 0.598. The number of primary amides is 1. The van der Waals surface area contributed by atoms with Crippen molar-refractivity contribution in [2.45, 2.75) is 25.4 Å². The first kappa shape index (κ1) is 19.1. The molecule has 1 aromatic carbocycles. The van der Waals surface area contributed by atoms with Crippen LogP contribution in [0.15, 0.2) is 28.8 Å². The number of amides is 2. The minimum atomic E-state index is -0.569. The van der Waals surface area contributed by atoms with Crippen LogP contribution in [0.4, 0.5) is 0 Å². The van der Waals surface area contributed by atoms with Gasteiger partial charge >= 0.3 is 0 Å². The first-order valence-corrected chi connectivity index (χ1v) is 9.37. The molecular formula is C19H22N6O4. The fourth-order valence-corrected chi connectivity index (χ4v) is 3.66. The molecule has 1 fully saturated rings. The lowest BCUT2D eigenvalue weighted by Crippen LogP contribution is -2.32. The molecule has 0 bridgehead atoms. The molecule has 0 unspecified atom stereocenters. The second-order valence-corrected chi connectivity index (χ2v) is 7.10. The number of nitrogens with one attached hydrogen (secondary N) is 1. The number of hydrogen-bond acceptors (Lipinski definition) is 7. The Balaban J connectivity index is 1.42. The van der Waals surface area contributed by atoms with Crippen LogP contribution in [0.3, 0.4) is 0 Å². The molecule has 2 aromatic heterocycles. The lowest BCUT2D eigenvalue weighted by molar-refractivity contribution is -0.130. The van der Waals surface area contributed by atoms with E-state index in [9.17, 15) is 9.59 Å². The number of hydrogen-bond donors (Lipinski definition) is 2. The SMILES string of the molecule is COCc1noc([C@@H]2CN(C(=O)CCc3nc4ccccc4[nH]3)C[C@H]2C(N)=O)n1. The van der Waals surface area contributed by atoms with Crippen molar-refractivity contribution >= 4 is 22.8 Å². The average Bonchev–Trinajstić information content (AvgIpc) is 3.43. The monoisotopic (exact) mass is 398 g/mol. The predicted octanol–water partition coefficient (Wildman–Crippen LogP) is 0.752. The van der Waals surface area contributed by atoms with Gasteiger partial charge in [-0.25, -0.2) is 4.98 Å². The number of rotatable bonds is 7. The van der Waals surface area contributed by atoms with E-state index >= 15 is 0 Å². The highest BCUT2D eigenvalue weighted by atomic mass is 16.5. The molecule has 3 heterocycles. The Bertz CT molecular complexity index is 996. The lowest BCUT2D eigenvalue weighted by Gasteiger charge is -2.15. The van der Waals surface area contributed by atoms with E-state index in [4.69, 9.17) is 15.0 Å². The average molecular weight is 398 g/mol. The minimum absolute atomic E-state index is 0.0733. The van der Waals surface area contributed by atoms with E-state index in [-0.39, 0.29) is 25.5 Å². The van der Waals surface area contributed by atoms with Gasteiger partial charge in [0.2, 0.25) is 17.7 Å². The first-order valence-electron chi connectivity index (χ1n) is 9.37. The summed E-state index contributed by atoms with van der Waals surface area (Å²) in [6.45, 7) is 0.750. The first-order chi connectivity index (χ1) is 14.0. The zero-order valence-corrected chi connectivity index (χ0v) is 16.0. The van der Waals surface area contributed by atoms with Crippen LogP contribution >= 0.6 is 0 Å². The maximum atomic E-state index is 12.7. The number of H-pyrrole nitrogens is 1. The van der Waals surface area contributed by atoms with E-state index in [0.717, 1.165) is 16.9 Å². The normalized spacial score (nSPS) is 19.1. The van der Waals surface area contributed by atoms with Crippen molar-refractivity contribution in [3.8, 4) is 0 Å². The third kappa shape index (κ3) is 3.97. The maximum Gasteiger partial charge on any atom is 0.232 e. The summed E-state index contributed by atoms with van der Waals surface area (Å²) in [7, 11) is 1.53. The van der Waals surface area contributed by atoms with Gasteiger partial charge in [0.25, 0.3) is 0 Å². The molecular weight excluding hydrogens is 376 g/mol. The number of benzene rings is 1. The smallest absolute Gasteiger partial charge is 0.232 e. The third-order valence-electron chi connectivity index (χ3n) is 5.13. The molecule has 4 rings (SSSR count). The molecule has 10 nitrogen and oxygen atoms in total. The summed E-state index contributed by atoms with van der Waals surface area (Å²) in [5, 5.41) is 3.83. The molecule has 3 N–H and O–H groups in total. The number of aromatic nitrogens is 4. The number of methoxy groups -OCH3 is 1. The number of nitrogens with zero attached hydrogens (tertiary/aromatic N) is 4. The fourth-order valence-electron chi connectivity index (χ4n) is 3.66. The molecule has 10 heteroatoms. The number of imidazole rings is 1. The summed E-state index contributed by atoms with van der Waals surface area (Å²) in [4.78, 5) is 38.3. The molecule has 0 spiro atoms. The maximum absolute atomic E-state index is 12.7. The van der Waals surface area contributed by atoms with Gasteiger partial charge in [0, 0.05) is 33.0 Å². The van der Waals surface area contributed by atoms with Gasteiger partial charge in [-0.2, -0.15) is 4.98 Å². The highest BCUT2D eigenvalue weighted by molar-refractivity contribution is 5.82. The van der Waals surface area contributed by atoms with Crippen LogP contribution < -0.4 is 5.73 Å². The molecule has 1 saturated heterocycles. The van der Waals surface area contributed by atoms with Gasteiger partial charge in [-0.1, -0.05) is 17.3 Å². The Hall–Kier alpha value is -3.27. The Kier molecular flexibility index (Phi) is 5.26. The highest BCUT2D eigenvalue weighted by Gasteiger charge is 2.42. The Morgan fingerprint density at radius 1 is 1.31 bits per heavy atom. The molecule has 152 valence electrons. The van der Waals surface area contributed by atoms with Crippen LogP contribution in [-0.2, 0) is 27.4 Å². The lowest BCUT2D eigenvalue weighted by atomic mass is 9.95. The van der Waals surface area contributed by atoms with Crippen LogP contribution in [0.5, 0.6) is 0 Å². The molecule has 1 aliphatic rings. The van der Waals surface area contributed by atoms with Gasteiger partial charge in [-0.15, -0.1) is 0 Å². The van der Waals surface area contributed by atoms with Gasteiger partial charge in [0.05, 0.1) is 22.9 Å². The van der Waals surface area contributed by atoms with Crippen LogP contribution in [0.1, 0.15) is 29.9 Å². The number of nitrogens with two attached hydrogens (primary N) is 1. The van der Waals surface area contributed by atoms with Crippen molar-refractivity contribution in [3.05, 3.63) is 41.8 Å². The molecule has 0 aliphatic carbocycles. The number of likely N-dealkylation sites (tertiary alicyclic amines) is 1. The summed E-state index contributed by atoms with van der Waals surface area (Å²) in [5.41, 5.74) is 7.36. The summed E-state index contributed by atoms with van der Waals surface area (Å²) >= 11 is 0. The largest absolute Gasteiger partial charge is 0.377 e. The molecule has 2 amide bonds. The van der Waals surface area contributed by atoms with Gasteiger partial charge in [0.1, 0.15) is 12.4 Å². The molecule has 3 aromatic rings. The van der Waals surface area contributed by atoms with Crippen LogP contribution in [0.2, 0.25) is 0 Å². The van der Waals surface area contributed by atoms with Crippen LogP contribution in [0, 0.1) is 5.92 Å². The fraction of sp³-hybridized carbons (Fsp3) is 0.421. The Labute approximate surface area is 166 Å². The number of carbonyl (C=O) groups is 2. The number of ether oxygens (including phenoxy) is 1. The minimum Gasteiger partial charge on any atom is -0.377 e. The van der Waals surface area contributed by atoms with Gasteiger partial charge in [0.15, 0.2) is 5.82 Å². The van der Waals surface area contributed by atoms with E-state index < -0.39 is 17.7 Å². The standard InChI is InChI=1S/C19H22N6O4/c1-28-10-16-23-19(29-24-16)12-9-25(8-11(12)18(20)27)17(26)7-6-15-21-13-4-2-3-5-14(13)22-15/h2-5,11-12H,6-10H2,1H3,(H2,20,27)(H,21,22)/t11-,12-/m1/s1. The van der Waals surface area contributed by atoms with E-state index in [1.165, 1.54) is 7.11 Å². The Morgan fingerprint density at radius 2 is 2.14 bits per heavy atom. The Morgan fingerprint density at radius 3 is 2.90 bits per heavy atom. The predicted molar refractivity (Wildman–Crippen MR) is 101 cm³/mol. The van der Waals surface area contributed by atoms with Gasteiger partial charge in [-0.05, 0) is 12.1 Å². The van der Waals surface area contributed by atoms with Crippen molar-refractivity contribution in [2.75, 3.05) is 20.2 Å². The van der Waals surface area contributed by atoms with Crippen molar-refractivity contribution in [1.29, 1.82) is 0 Å². The van der Waals surface area contributed by atoms with Crippen molar-refractivity contribution < 1.29 is 18.8 Å². The summed E-state index contributed by atoms with van der Waals surface area (Å²) in [6, 6.07) is 7.71. The van der Waals surface area contributed by atoms with Crippen molar-refractivity contribution in [2.24, 2.45) is 11.7 Å². The zero-order chi connectivity index (χ0) is 20.4. The van der Waals surface area contributed by atoms with Crippen molar-refractivity contribution in [1.82, 2.24) is 25.0 Å². The molecule has 29 heavy (non-hydrogen) atoms. The summed E-state index contributed by atoms with van der Waals surface area (Å²) in [5.74, 6) is -0.108. The second-order valence-electron chi connectivity index (χ2n) is 7.10. The summed E-state index contributed by atoms with van der Waals surface area (Å²) < 4.78 is 10.3. The van der Waals surface area contributed by atoms with Crippen LogP contribution in [-0.4, -0.2) is 57.0 Å². The number of aryl methyl sites for hydroxylation is 1. The molecule has 2 atom stereocenters. The summed E-state index contributed by atoms with van der Waals surface area (Å²) in [6.07, 6.45) is 0.755. The number of fused-ring (bicyclic) bond motifs is 1. The third-order valence-corrected chi connectivity index (χ3v) is 5.13. The number of para-hydroxylation sites is 2. The van der Waals surface area contributed by atoms with Gasteiger partial charge in [-0.3, -0.25) is 9.59 Å². The topological polar surface area (TPSA) is 140 Å². The van der Waals surface area contributed by atoms with E-state index in [1.54, 1.807) is 4.90 Å². The molecule has 0 radical (unpaired) electrons. The number of carbonyl (C=O) groups excluding carboxylic acids is 2. The number of aromatic amines is 1. The van der Waals surface area contributed by atoms with E-state index in [2.05, 4.69) is 20.1 Å². The second kappa shape index (κ2) is 8.00. The van der Waals surface area contributed by atoms with Crippen molar-refractivity contribution in [3.63, 3.8) is 0 Å². The van der Waals surface area contributed by atoms with Crippen LogP contribution in [0.25, 0.3) is 11.0 Å². The van der Waals surface area contributed by atoms with E-state index in [1.807, 2.05) is 24.3 Å². The molecule has 0 saturated carbocycles. The van der Waals surface area contributed by atoms with E-state index in [0.29, 0.717) is 24.7 Å². The molecule has 1 aliphatic heterocycles. The highest BCUT2D eigenvalue weighted by Crippen LogP contribution is 2.32. The van der Waals surface area contributed by atoms with Gasteiger partial charge < -0.3 is 24.9 Å².